The first-order chi connectivity index (χ1) is 7.10. The van der Waals surface area contributed by atoms with Crippen molar-refractivity contribution in [1.82, 2.24) is 4.72 Å². The van der Waals surface area contributed by atoms with Gasteiger partial charge >= 0.3 is 0 Å². The number of benzene rings is 1. The molecule has 0 aliphatic carbocycles. The highest BCUT2D eigenvalue weighted by atomic mass is 32.2. The van der Waals surface area contributed by atoms with Gasteiger partial charge in [-0.25, -0.2) is 8.42 Å². The van der Waals surface area contributed by atoms with Gasteiger partial charge in [0, 0.05) is 0 Å². The lowest BCUT2D eigenvalue weighted by atomic mass is 10.2. The molecule has 0 heterocycles. The van der Waals surface area contributed by atoms with Crippen LogP contribution in [-0.4, -0.2) is 15.0 Å². The number of rotatable bonds is 4. The fraction of sp³-hybridized carbons (Fsp3) is 0.300. The molecule has 0 aliphatic heterocycles. The van der Waals surface area contributed by atoms with Gasteiger partial charge in [0.05, 0.1) is 17.5 Å². The van der Waals surface area contributed by atoms with Crippen LogP contribution in [0.4, 0.5) is 0 Å². The molecule has 1 aromatic rings. The minimum absolute atomic E-state index is 0.190. The number of nitrogens with zero attached hydrogens (tertiary/aromatic N) is 1. The van der Waals surface area contributed by atoms with Crippen LogP contribution in [0.15, 0.2) is 29.2 Å². The summed E-state index contributed by atoms with van der Waals surface area (Å²) in [6.45, 7) is 1.79. The Hall–Kier alpha value is -1.38. The molecule has 1 rings (SSSR count). The molecule has 4 nitrogen and oxygen atoms in total. The lowest BCUT2D eigenvalue weighted by molar-refractivity contribution is 0.586. The predicted octanol–water partition coefficient (Wildman–Crippen LogP) is 1.05. The smallest absolute Gasteiger partial charge is 0.207 e. The van der Waals surface area contributed by atoms with Crippen molar-refractivity contribution in [2.45, 2.75) is 18.2 Å². The van der Waals surface area contributed by atoms with E-state index in [1.54, 1.807) is 30.3 Å². The molecule has 0 fully saturated rings. The van der Waals surface area contributed by atoms with Crippen LogP contribution >= 0.6 is 0 Å². The van der Waals surface area contributed by atoms with Gasteiger partial charge in [-0.05, 0) is 24.1 Å². The number of aryl methyl sites for hydroxylation is 1. The van der Waals surface area contributed by atoms with Crippen LogP contribution in [0.2, 0.25) is 0 Å². The number of nitrogens with one attached hydrogen (secondary N) is 1. The number of hydrogen-bond acceptors (Lipinski definition) is 3. The van der Waals surface area contributed by atoms with Gasteiger partial charge in [0.1, 0.15) is 0 Å². The average molecular weight is 224 g/mol. The van der Waals surface area contributed by atoms with Gasteiger partial charge in [0.2, 0.25) is 10.0 Å². The normalized spacial score (nSPS) is 10.9. The summed E-state index contributed by atoms with van der Waals surface area (Å²) >= 11 is 0. The maximum Gasteiger partial charge on any atom is 0.241 e. The molecular formula is C10H12N2O2S. The Balaban J connectivity index is 2.92. The molecule has 0 aliphatic rings. The van der Waals surface area contributed by atoms with E-state index in [9.17, 15) is 8.42 Å². The summed E-state index contributed by atoms with van der Waals surface area (Å²) < 4.78 is 25.2. The molecule has 15 heavy (non-hydrogen) atoms. The molecular weight excluding hydrogens is 212 g/mol. The zero-order valence-electron chi connectivity index (χ0n) is 8.40. The standard InChI is InChI=1S/C10H12N2O2S/c1-2-9-3-5-10(6-4-9)15(13,14)12-8-7-11/h3-6,12H,2,8H2,1H3. The van der Waals surface area contributed by atoms with Gasteiger partial charge in [0.25, 0.3) is 0 Å². The van der Waals surface area contributed by atoms with Crippen LogP contribution in [0.5, 0.6) is 0 Å². The van der Waals surface area contributed by atoms with Crippen molar-refractivity contribution in [3.63, 3.8) is 0 Å². The second-order valence-corrected chi connectivity index (χ2v) is 4.75. The van der Waals surface area contributed by atoms with E-state index in [1.165, 1.54) is 0 Å². The highest BCUT2D eigenvalue weighted by molar-refractivity contribution is 7.89. The van der Waals surface area contributed by atoms with Crippen molar-refractivity contribution in [3.8, 4) is 6.07 Å². The third-order valence-electron chi connectivity index (χ3n) is 1.98. The first-order valence-corrected chi connectivity index (χ1v) is 6.04. The molecule has 0 atom stereocenters. The van der Waals surface area contributed by atoms with Gasteiger partial charge in [-0.2, -0.15) is 9.98 Å². The lowest BCUT2D eigenvalue weighted by Gasteiger charge is -2.03. The van der Waals surface area contributed by atoms with Crippen molar-refractivity contribution in [3.05, 3.63) is 29.8 Å². The van der Waals surface area contributed by atoms with Crippen LogP contribution in [0, 0.1) is 11.3 Å². The lowest BCUT2D eigenvalue weighted by Crippen LogP contribution is -2.23. The van der Waals surface area contributed by atoms with Gasteiger partial charge in [0.15, 0.2) is 0 Å². The Morgan fingerprint density at radius 3 is 2.40 bits per heavy atom. The van der Waals surface area contributed by atoms with Crippen LogP contribution in [0.25, 0.3) is 0 Å². The van der Waals surface area contributed by atoms with Crippen LogP contribution in [0.1, 0.15) is 12.5 Å². The average Bonchev–Trinajstić information content (AvgIpc) is 2.26. The number of sulfonamides is 1. The molecule has 0 radical (unpaired) electrons. The molecule has 0 spiro atoms. The van der Waals surface area contributed by atoms with E-state index >= 15 is 0 Å². The van der Waals surface area contributed by atoms with Crippen LogP contribution < -0.4 is 4.72 Å². The Morgan fingerprint density at radius 2 is 1.93 bits per heavy atom. The summed E-state index contributed by atoms with van der Waals surface area (Å²) in [7, 11) is -3.52. The van der Waals surface area contributed by atoms with E-state index in [0.717, 1.165) is 12.0 Å². The number of nitriles is 1. The first-order valence-electron chi connectivity index (χ1n) is 4.55. The molecule has 1 aromatic carbocycles. The van der Waals surface area contributed by atoms with E-state index in [-0.39, 0.29) is 11.4 Å². The van der Waals surface area contributed by atoms with Gasteiger partial charge in [-0.1, -0.05) is 19.1 Å². The molecule has 5 heteroatoms. The van der Waals surface area contributed by atoms with E-state index < -0.39 is 10.0 Å². The maximum atomic E-state index is 11.5. The van der Waals surface area contributed by atoms with Crippen molar-refractivity contribution in [1.29, 1.82) is 5.26 Å². The van der Waals surface area contributed by atoms with Crippen LogP contribution in [-0.2, 0) is 16.4 Å². The maximum absolute atomic E-state index is 11.5. The zero-order chi connectivity index (χ0) is 11.3. The quantitative estimate of drug-likeness (QED) is 0.777. The predicted molar refractivity (Wildman–Crippen MR) is 56.6 cm³/mol. The molecule has 0 bridgehead atoms. The SMILES string of the molecule is CCc1ccc(S(=O)(=O)NCC#N)cc1. The zero-order valence-corrected chi connectivity index (χ0v) is 9.21. The molecule has 80 valence electrons. The minimum Gasteiger partial charge on any atom is -0.207 e. The van der Waals surface area contributed by atoms with Crippen molar-refractivity contribution >= 4 is 10.0 Å². The highest BCUT2D eigenvalue weighted by Crippen LogP contribution is 2.10. The van der Waals surface area contributed by atoms with Crippen molar-refractivity contribution < 1.29 is 8.42 Å². The van der Waals surface area contributed by atoms with E-state index in [1.807, 2.05) is 6.92 Å². The molecule has 0 saturated heterocycles. The molecule has 0 amide bonds. The Morgan fingerprint density at radius 1 is 1.33 bits per heavy atom. The highest BCUT2D eigenvalue weighted by Gasteiger charge is 2.12. The van der Waals surface area contributed by atoms with Crippen LogP contribution in [0.3, 0.4) is 0 Å². The van der Waals surface area contributed by atoms with E-state index in [4.69, 9.17) is 5.26 Å². The summed E-state index contributed by atoms with van der Waals surface area (Å²) in [5.74, 6) is 0. The molecule has 0 saturated carbocycles. The summed E-state index contributed by atoms with van der Waals surface area (Å²) in [6.07, 6.45) is 0.867. The second kappa shape index (κ2) is 4.91. The monoisotopic (exact) mass is 224 g/mol. The summed E-state index contributed by atoms with van der Waals surface area (Å²) in [6, 6.07) is 8.34. The van der Waals surface area contributed by atoms with Gasteiger partial charge in [-0.3, -0.25) is 0 Å². The van der Waals surface area contributed by atoms with Crippen molar-refractivity contribution in [2.24, 2.45) is 0 Å². The van der Waals surface area contributed by atoms with E-state index in [2.05, 4.69) is 4.72 Å². The minimum atomic E-state index is -3.52. The third-order valence-corrected chi connectivity index (χ3v) is 3.40. The molecule has 0 unspecified atom stereocenters. The van der Waals surface area contributed by atoms with Gasteiger partial charge < -0.3 is 0 Å². The summed E-state index contributed by atoms with van der Waals surface area (Å²) in [5.41, 5.74) is 1.08. The molecule has 1 N–H and O–H groups in total. The van der Waals surface area contributed by atoms with E-state index in [0.29, 0.717) is 0 Å². The number of hydrogen-bond donors (Lipinski definition) is 1. The fourth-order valence-corrected chi connectivity index (χ4v) is 2.03. The first kappa shape index (κ1) is 11.7. The Labute approximate surface area is 89.6 Å². The summed E-state index contributed by atoms with van der Waals surface area (Å²) in [4.78, 5) is 0.190. The second-order valence-electron chi connectivity index (χ2n) is 2.98. The third kappa shape index (κ3) is 3.05. The topological polar surface area (TPSA) is 70.0 Å². The van der Waals surface area contributed by atoms with Gasteiger partial charge in [-0.15, -0.1) is 0 Å². The largest absolute Gasteiger partial charge is 0.241 e. The Bertz CT molecular complexity index is 457. The Kier molecular flexibility index (Phi) is 3.83. The fourth-order valence-electron chi connectivity index (χ4n) is 1.11. The van der Waals surface area contributed by atoms with Crippen molar-refractivity contribution in [2.75, 3.05) is 6.54 Å². The summed E-state index contributed by atoms with van der Waals surface area (Å²) in [5, 5.41) is 8.28. The molecule has 0 aromatic heterocycles.